The molecule has 0 radical (unpaired) electrons. The van der Waals surface area contributed by atoms with E-state index in [-0.39, 0.29) is 16.7 Å². The molecule has 0 bridgehead atoms. The van der Waals surface area contributed by atoms with Gasteiger partial charge in [0.05, 0.1) is 4.90 Å². The van der Waals surface area contributed by atoms with Crippen molar-refractivity contribution < 1.29 is 13.2 Å². The second kappa shape index (κ2) is 8.09. The number of nitrogens with two attached hydrogens (primary N) is 1. The summed E-state index contributed by atoms with van der Waals surface area (Å²) in [4.78, 5) is 12.5. The van der Waals surface area contributed by atoms with Crippen LogP contribution in [0.5, 0.6) is 0 Å². The third-order valence-electron chi connectivity index (χ3n) is 4.40. The molecule has 0 spiro atoms. The first-order valence-electron chi connectivity index (χ1n) is 8.45. The molecule has 134 valence electrons. The number of rotatable bonds is 6. The van der Waals surface area contributed by atoms with E-state index in [1.807, 2.05) is 6.92 Å². The molecule has 1 unspecified atom stereocenters. The molecular weight excluding hydrogens is 326 g/mol. The van der Waals surface area contributed by atoms with E-state index < -0.39 is 10.0 Å². The third-order valence-corrected chi connectivity index (χ3v) is 6.44. The zero-order chi connectivity index (χ0) is 17.7. The summed E-state index contributed by atoms with van der Waals surface area (Å²) in [7, 11) is -3.55. The summed E-state index contributed by atoms with van der Waals surface area (Å²) < 4.78 is 27.3. The van der Waals surface area contributed by atoms with Crippen molar-refractivity contribution in [2.24, 2.45) is 11.7 Å². The van der Waals surface area contributed by atoms with E-state index in [2.05, 4.69) is 5.32 Å². The molecule has 1 amide bonds. The minimum atomic E-state index is -3.55. The predicted octanol–water partition coefficient (Wildman–Crippen LogP) is 1.49. The van der Waals surface area contributed by atoms with Crippen molar-refractivity contribution in [3.05, 3.63) is 29.3 Å². The highest BCUT2D eigenvalue weighted by atomic mass is 32.2. The summed E-state index contributed by atoms with van der Waals surface area (Å²) >= 11 is 0. The Morgan fingerprint density at radius 1 is 1.29 bits per heavy atom. The number of carbonyl (C=O) groups excluding carboxylic acids is 1. The van der Waals surface area contributed by atoms with Crippen molar-refractivity contribution in [3.63, 3.8) is 0 Å². The van der Waals surface area contributed by atoms with E-state index in [1.54, 1.807) is 19.1 Å². The maximum atomic E-state index is 12.9. The molecule has 2 rings (SSSR count). The molecular formula is C17H27N3O3S. The standard InChI is InChI=1S/C17H27N3O3S/c1-13(11-18)12-19-17(21)15-7-6-14(2)16(10-15)24(22,23)20-8-4-3-5-9-20/h6-7,10,13H,3-5,8-9,11-12,18H2,1-2H3,(H,19,21). The Kier molecular flexibility index (Phi) is 6.37. The fraction of sp³-hybridized carbons (Fsp3) is 0.588. The molecule has 1 aromatic carbocycles. The van der Waals surface area contributed by atoms with Crippen molar-refractivity contribution in [2.45, 2.75) is 38.0 Å². The lowest BCUT2D eigenvalue weighted by atomic mass is 10.1. The van der Waals surface area contributed by atoms with Crippen molar-refractivity contribution in [1.29, 1.82) is 0 Å². The fourth-order valence-corrected chi connectivity index (χ4v) is 4.48. The van der Waals surface area contributed by atoms with Crippen molar-refractivity contribution in [1.82, 2.24) is 9.62 Å². The molecule has 1 aliphatic heterocycles. The summed E-state index contributed by atoms with van der Waals surface area (Å²) in [6, 6.07) is 4.84. The Morgan fingerprint density at radius 3 is 2.58 bits per heavy atom. The highest BCUT2D eigenvalue weighted by molar-refractivity contribution is 7.89. The van der Waals surface area contributed by atoms with Crippen molar-refractivity contribution in [2.75, 3.05) is 26.2 Å². The Morgan fingerprint density at radius 2 is 1.96 bits per heavy atom. The lowest BCUT2D eigenvalue weighted by molar-refractivity contribution is 0.0948. The molecule has 0 aliphatic carbocycles. The van der Waals surface area contributed by atoms with Gasteiger partial charge in [-0.25, -0.2) is 8.42 Å². The topological polar surface area (TPSA) is 92.5 Å². The first-order chi connectivity index (χ1) is 11.4. The first kappa shape index (κ1) is 18.9. The van der Waals surface area contributed by atoms with Gasteiger partial charge in [-0.05, 0) is 49.9 Å². The SMILES string of the molecule is Cc1ccc(C(=O)NCC(C)CN)cc1S(=O)(=O)N1CCCCC1. The Balaban J connectivity index is 2.23. The van der Waals surface area contributed by atoms with E-state index >= 15 is 0 Å². The summed E-state index contributed by atoms with van der Waals surface area (Å²) in [5, 5.41) is 2.80. The number of aryl methyl sites for hydroxylation is 1. The van der Waals surface area contributed by atoms with Crippen LogP contribution in [0.4, 0.5) is 0 Å². The van der Waals surface area contributed by atoms with Crippen LogP contribution in [-0.4, -0.2) is 44.8 Å². The van der Waals surface area contributed by atoms with Crippen LogP contribution in [0.15, 0.2) is 23.1 Å². The molecule has 0 saturated carbocycles. The number of sulfonamides is 1. The molecule has 1 saturated heterocycles. The van der Waals surface area contributed by atoms with Gasteiger partial charge in [0.2, 0.25) is 10.0 Å². The van der Waals surface area contributed by atoms with Gasteiger partial charge in [-0.15, -0.1) is 0 Å². The van der Waals surface area contributed by atoms with E-state index in [0.717, 1.165) is 19.3 Å². The Hall–Kier alpha value is -1.44. The molecule has 7 heteroatoms. The molecule has 1 aliphatic rings. The molecule has 24 heavy (non-hydrogen) atoms. The van der Waals surface area contributed by atoms with Crippen molar-refractivity contribution >= 4 is 15.9 Å². The summed E-state index contributed by atoms with van der Waals surface area (Å²) in [6.45, 7) is 5.76. The van der Waals surface area contributed by atoms with Crippen LogP contribution in [0.1, 0.15) is 42.1 Å². The number of piperidine rings is 1. The molecule has 6 nitrogen and oxygen atoms in total. The lowest BCUT2D eigenvalue weighted by Gasteiger charge is -2.26. The van der Waals surface area contributed by atoms with Gasteiger partial charge >= 0.3 is 0 Å². The number of nitrogens with zero attached hydrogens (tertiary/aromatic N) is 1. The molecule has 1 aromatic rings. The second-order valence-corrected chi connectivity index (χ2v) is 8.40. The van der Waals surface area contributed by atoms with Gasteiger partial charge in [-0.2, -0.15) is 4.31 Å². The zero-order valence-electron chi connectivity index (χ0n) is 14.4. The third kappa shape index (κ3) is 4.34. The van der Waals surface area contributed by atoms with Gasteiger partial charge in [0.15, 0.2) is 0 Å². The zero-order valence-corrected chi connectivity index (χ0v) is 15.2. The molecule has 1 fully saturated rings. The fourth-order valence-electron chi connectivity index (χ4n) is 2.72. The smallest absolute Gasteiger partial charge is 0.251 e. The normalized spacial score (nSPS) is 17.5. The van der Waals surface area contributed by atoms with Crippen molar-refractivity contribution in [3.8, 4) is 0 Å². The molecule has 1 heterocycles. The van der Waals surface area contributed by atoms with Gasteiger partial charge in [-0.1, -0.05) is 19.4 Å². The maximum absolute atomic E-state index is 12.9. The van der Waals surface area contributed by atoms with Gasteiger partial charge in [-0.3, -0.25) is 4.79 Å². The van der Waals surface area contributed by atoms with Gasteiger partial charge in [0, 0.05) is 25.2 Å². The monoisotopic (exact) mass is 353 g/mol. The van der Waals surface area contributed by atoms with Crippen LogP contribution in [0, 0.1) is 12.8 Å². The molecule has 1 atom stereocenters. The van der Waals surface area contributed by atoms with Crippen LogP contribution >= 0.6 is 0 Å². The largest absolute Gasteiger partial charge is 0.352 e. The number of benzene rings is 1. The lowest BCUT2D eigenvalue weighted by Crippen LogP contribution is -2.36. The number of hydrogen-bond acceptors (Lipinski definition) is 4. The van der Waals surface area contributed by atoms with Crippen LogP contribution in [0.3, 0.4) is 0 Å². The average Bonchev–Trinajstić information content (AvgIpc) is 2.60. The van der Waals surface area contributed by atoms with Crippen LogP contribution in [0.25, 0.3) is 0 Å². The average molecular weight is 353 g/mol. The highest BCUT2D eigenvalue weighted by Gasteiger charge is 2.28. The van der Waals surface area contributed by atoms with Crippen LogP contribution in [-0.2, 0) is 10.0 Å². The molecule has 0 aromatic heterocycles. The summed E-state index contributed by atoms with van der Waals surface area (Å²) in [5.41, 5.74) is 6.57. The van der Waals surface area contributed by atoms with E-state index in [9.17, 15) is 13.2 Å². The Labute approximate surface area is 144 Å². The number of nitrogens with one attached hydrogen (secondary N) is 1. The summed E-state index contributed by atoms with van der Waals surface area (Å²) in [6.07, 6.45) is 2.83. The van der Waals surface area contributed by atoms with E-state index in [0.29, 0.717) is 37.3 Å². The number of hydrogen-bond donors (Lipinski definition) is 2. The van der Waals surface area contributed by atoms with Gasteiger partial charge < -0.3 is 11.1 Å². The predicted molar refractivity (Wildman–Crippen MR) is 94.3 cm³/mol. The number of amides is 1. The Bertz CT molecular complexity index is 682. The second-order valence-electron chi connectivity index (χ2n) is 6.50. The van der Waals surface area contributed by atoms with Crippen LogP contribution < -0.4 is 11.1 Å². The van der Waals surface area contributed by atoms with Gasteiger partial charge in [0.1, 0.15) is 0 Å². The number of carbonyl (C=O) groups is 1. The van der Waals surface area contributed by atoms with Crippen LogP contribution in [0.2, 0.25) is 0 Å². The minimum absolute atomic E-state index is 0.177. The van der Waals surface area contributed by atoms with E-state index in [1.165, 1.54) is 10.4 Å². The highest BCUT2D eigenvalue weighted by Crippen LogP contribution is 2.24. The molecule has 3 N–H and O–H groups in total. The minimum Gasteiger partial charge on any atom is -0.352 e. The van der Waals surface area contributed by atoms with Gasteiger partial charge in [0.25, 0.3) is 5.91 Å². The van der Waals surface area contributed by atoms with E-state index in [4.69, 9.17) is 5.73 Å². The maximum Gasteiger partial charge on any atom is 0.251 e. The first-order valence-corrected chi connectivity index (χ1v) is 9.89. The quantitative estimate of drug-likeness (QED) is 0.810. The summed E-state index contributed by atoms with van der Waals surface area (Å²) in [5.74, 6) is -0.0960.